The Morgan fingerprint density at radius 2 is 1.79 bits per heavy atom. The molecule has 0 saturated carbocycles. The molecule has 0 saturated heterocycles. The van der Waals surface area contributed by atoms with Crippen molar-refractivity contribution < 1.29 is 0 Å². The van der Waals surface area contributed by atoms with Gasteiger partial charge in [-0.3, -0.25) is 4.99 Å². The second-order valence-electron chi connectivity index (χ2n) is 5.35. The molecule has 3 rings (SSSR count). The molecule has 0 aliphatic rings. The second kappa shape index (κ2) is 8.68. The molecule has 0 fully saturated rings. The van der Waals surface area contributed by atoms with Crippen LogP contribution >= 0.6 is 24.0 Å². The lowest BCUT2D eigenvalue weighted by atomic mass is 10.1. The molecule has 0 unspecified atom stereocenters. The number of hydrogen-bond acceptors (Lipinski definition) is 2. The number of fused-ring (bicyclic) bond motifs is 1. The Morgan fingerprint density at radius 1 is 1.08 bits per heavy atom. The third kappa shape index (κ3) is 4.25. The molecular weight excluding hydrogens is 413 g/mol. The third-order valence-electron chi connectivity index (χ3n) is 3.82. The van der Waals surface area contributed by atoms with E-state index < -0.39 is 0 Å². The van der Waals surface area contributed by atoms with Crippen molar-refractivity contribution in [1.82, 2.24) is 20.2 Å². The number of halogens is 1. The maximum Gasteiger partial charge on any atom is 0.190 e. The Morgan fingerprint density at radius 3 is 2.50 bits per heavy atom. The number of rotatable bonds is 4. The van der Waals surface area contributed by atoms with Gasteiger partial charge in [0.2, 0.25) is 0 Å². The van der Waals surface area contributed by atoms with Gasteiger partial charge in [0.15, 0.2) is 5.96 Å². The van der Waals surface area contributed by atoms with Crippen LogP contribution < -0.4 is 10.6 Å². The molecule has 2 aromatic carbocycles. The van der Waals surface area contributed by atoms with Crippen LogP contribution in [0.25, 0.3) is 11.0 Å². The molecule has 24 heavy (non-hydrogen) atoms. The van der Waals surface area contributed by atoms with Crippen LogP contribution in [0, 0.1) is 0 Å². The highest BCUT2D eigenvalue weighted by molar-refractivity contribution is 14.0. The number of imidazole rings is 1. The van der Waals surface area contributed by atoms with Crippen molar-refractivity contribution in [2.45, 2.75) is 13.1 Å². The van der Waals surface area contributed by atoms with Crippen LogP contribution in [0.2, 0.25) is 0 Å². The van der Waals surface area contributed by atoms with Crippen LogP contribution in [0.3, 0.4) is 0 Å². The molecule has 1 aromatic heterocycles. The first-order chi connectivity index (χ1) is 11.3. The minimum Gasteiger partial charge on any atom is -0.359 e. The molecule has 0 atom stereocenters. The molecule has 5 nitrogen and oxygen atoms in total. The van der Waals surface area contributed by atoms with Gasteiger partial charge in [0.25, 0.3) is 0 Å². The first kappa shape index (κ1) is 18.3. The van der Waals surface area contributed by atoms with E-state index in [1.54, 1.807) is 7.05 Å². The molecule has 6 heteroatoms. The summed E-state index contributed by atoms with van der Waals surface area (Å²) in [6.07, 6.45) is 1.90. The summed E-state index contributed by atoms with van der Waals surface area (Å²) in [6, 6.07) is 16.8. The fourth-order valence-electron chi connectivity index (χ4n) is 2.56. The minimum atomic E-state index is 0. The largest absolute Gasteiger partial charge is 0.359 e. The summed E-state index contributed by atoms with van der Waals surface area (Å²) >= 11 is 0. The lowest BCUT2D eigenvalue weighted by Crippen LogP contribution is -2.34. The summed E-state index contributed by atoms with van der Waals surface area (Å²) in [6.45, 7) is 1.58. The van der Waals surface area contributed by atoms with Gasteiger partial charge in [-0.2, -0.15) is 0 Å². The van der Waals surface area contributed by atoms with Crippen molar-refractivity contribution >= 4 is 41.0 Å². The zero-order valence-corrected chi connectivity index (χ0v) is 16.2. The lowest BCUT2D eigenvalue weighted by molar-refractivity contribution is 0.820. The Kier molecular flexibility index (Phi) is 6.60. The molecule has 3 aromatic rings. The van der Waals surface area contributed by atoms with E-state index in [4.69, 9.17) is 0 Å². The Hall–Kier alpha value is -2.09. The summed E-state index contributed by atoms with van der Waals surface area (Å²) in [5, 5.41) is 6.26. The molecular formula is C18H22IN5. The van der Waals surface area contributed by atoms with E-state index in [0.29, 0.717) is 0 Å². The standard InChI is InChI=1S/C18H21N5.HI/c1-19-18(20-2)21-11-14-7-9-15(10-8-14)12-23-13-22-16-5-3-4-6-17(16)23;/h3-10,13H,11-12H2,1-2H3,(H2,19,20,21);1H. The number of aliphatic imine (C=N–C) groups is 1. The predicted molar refractivity (Wildman–Crippen MR) is 110 cm³/mol. The van der Waals surface area contributed by atoms with Gasteiger partial charge in [-0.1, -0.05) is 36.4 Å². The van der Waals surface area contributed by atoms with Crippen molar-refractivity contribution in [1.29, 1.82) is 0 Å². The number of hydrogen-bond donors (Lipinski definition) is 2. The normalized spacial score (nSPS) is 11.2. The predicted octanol–water partition coefficient (Wildman–Crippen LogP) is 3.00. The average molecular weight is 435 g/mol. The van der Waals surface area contributed by atoms with Crippen molar-refractivity contribution in [3.63, 3.8) is 0 Å². The number of para-hydroxylation sites is 2. The molecule has 126 valence electrons. The number of guanidine groups is 1. The first-order valence-electron chi connectivity index (χ1n) is 7.66. The van der Waals surface area contributed by atoms with Gasteiger partial charge < -0.3 is 15.2 Å². The van der Waals surface area contributed by atoms with Crippen LogP contribution in [-0.4, -0.2) is 29.6 Å². The number of aromatic nitrogens is 2. The highest BCUT2D eigenvalue weighted by Gasteiger charge is 2.03. The van der Waals surface area contributed by atoms with Gasteiger partial charge in [0.1, 0.15) is 0 Å². The fourth-order valence-corrected chi connectivity index (χ4v) is 2.56. The molecule has 0 aliphatic heterocycles. The monoisotopic (exact) mass is 435 g/mol. The van der Waals surface area contributed by atoms with Crippen molar-refractivity contribution in [2.24, 2.45) is 4.99 Å². The van der Waals surface area contributed by atoms with Crippen molar-refractivity contribution in [2.75, 3.05) is 14.1 Å². The van der Waals surface area contributed by atoms with Crippen LogP contribution in [-0.2, 0) is 13.1 Å². The Labute approximate surface area is 159 Å². The molecule has 2 N–H and O–H groups in total. The van der Waals surface area contributed by atoms with E-state index in [-0.39, 0.29) is 24.0 Å². The zero-order chi connectivity index (χ0) is 16.1. The van der Waals surface area contributed by atoms with Crippen LogP contribution in [0.1, 0.15) is 11.1 Å². The van der Waals surface area contributed by atoms with Crippen molar-refractivity contribution in [3.05, 3.63) is 66.0 Å². The number of nitrogens with zero attached hydrogens (tertiary/aromatic N) is 3. The van der Waals surface area contributed by atoms with Crippen LogP contribution in [0.4, 0.5) is 0 Å². The average Bonchev–Trinajstić information content (AvgIpc) is 3.00. The Balaban J connectivity index is 0.00000208. The summed E-state index contributed by atoms with van der Waals surface area (Å²) in [7, 11) is 3.62. The maximum absolute atomic E-state index is 4.43. The van der Waals surface area contributed by atoms with Crippen LogP contribution in [0.5, 0.6) is 0 Å². The molecule has 0 spiro atoms. The number of benzene rings is 2. The quantitative estimate of drug-likeness (QED) is 0.377. The van der Waals surface area contributed by atoms with Crippen molar-refractivity contribution in [3.8, 4) is 0 Å². The van der Waals surface area contributed by atoms with Gasteiger partial charge in [0, 0.05) is 27.2 Å². The SMILES string of the molecule is CN=C(NC)NCc1ccc(Cn2cnc3ccccc32)cc1.I. The summed E-state index contributed by atoms with van der Waals surface area (Å²) in [5.41, 5.74) is 4.68. The van der Waals surface area contributed by atoms with E-state index in [1.165, 1.54) is 11.1 Å². The van der Waals surface area contributed by atoms with E-state index in [2.05, 4.69) is 55.5 Å². The van der Waals surface area contributed by atoms with E-state index >= 15 is 0 Å². The third-order valence-corrected chi connectivity index (χ3v) is 3.82. The van der Waals surface area contributed by atoms with Gasteiger partial charge in [0.05, 0.1) is 17.4 Å². The topological polar surface area (TPSA) is 54.2 Å². The van der Waals surface area contributed by atoms with Gasteiger partial charge >= 0.3 is 0 Å². The molecule has 0 bridgehead atoms. The lowest BCUT2D eigenvalue weighted by Gasteiger charge is -2.09. The molecule has 1 heterocycles. The summed E-state index contributed by atoms with van der Waals surface area (Å²) in [5.74, 6) is 0.791. The fraction of sp³-hybridized carbons (Fsp3) is 0.222. The van der Waals surface area contributed by atoms with E-state index in [9.17, 15) is 0 Å². The molecule has 0 aliphatic carbocycles. The summed E-state index contributed by atoms with van der Waals surface area (Å²) < 4.78 is 2.17. The summed E-state index contributed by atoms with van der Waals surface area (Å²) in [4.78, 5) is 8.54. The maximum atomic E-state index is 4.43. The zero-order valence-electron chi connectivity index (χ0n) is 13.9. The van der Waals surface area contributed by atoms with E-state index in [0.717, 1.165) is 30.1 Å². The van der Waals surface area contributed by atoms with Gasteiger partial charge in [-0.05, 0) is 23.3 Å². The molecule has 0 radical (unpaired) electrons. The highest BCUT2D eigenvalue weighted by atomic mass is 127. The Bertz CT molecular complexity index is 808. The van der Waals surface area contributed by atoms with Gasteiger partial charge in [-0.15, -0.1) is 24.0 Å². The number of nitrogens with one attached hydrogen (secondary N) is 2. The minimum absolute atomic E-state index is 0. The van der Waals surface area contributed by atoms with Crippen LogP contribution in [0.15, 0.2) is 59.9 Å². The molecule has 0 amide bonds. The first-order valence-corrected chi connectivity index (χ1v) is 7.66. The highest BCUT2D eigenvalue weighted by Crippen LogP contribution is 2.14. The smallest absolute Gasteiger partial charge is 0.190 e. The van der Waals surface area contributed by atoms with Gasteiger partial charge in [-0.25, -0.2) is 4.98 Å². The second-order valence-corrected chi connectivity index (χ2v) is 5.35. The van der Waals surface area contributed by atoms with E-state index in [1.807, 2.05) is 31.6 Å².